The summed E-state index contributed by atoms with van der Waals surface area (Å²) in [7, 11) is 0. The number of carbonyl (C=O) groups excluding carboxylic acids is 5. The van der Waals surface area contributed by atoms with Crippen LogP contribution in [0.25, 0.3) is 0 Å². The number of nitrogens with two attached hydrogens (primary N) is 1. The molecule has 2 fully saturated rings. The number of imide groups is 1. The number of piperidine rings is 2. The highest BCUT2D eigenvalue weighted by Gasteiger charge is 2.40. The summed E-state index contributed by atoms with van der Waals surface area (Å²) in [5, 5.41) is 5.10. The molecule has 4 N–H and O–H groups in total. The number of nitrogens with zero attached hydrogens (tertiary/aromatic N) is 3. The van der Waals surface area contributed by atoms with Crippen molar-refractivity contribution in [2.75, 3.05) is 51.3 Å². The molecule has 0 spiro atoms. The van der Waals surface area contributed by atoms with Crippen molar-refractivity contribution in [3.05, 3.63) is 29.3 Å². The molecule has 42 heavy (non-hydrogen) atoms. The highest BCUT2D eigenvalue weighted by Crippen LogP contribution is 2.32. The molecule has 2 saturated heterocycles. The van der Waals surface area contributed by atoms with E-state index in [2.05, 4.69) is 15.5 Å². The molecule has 3 aliphatic heterocycles. The van der Waals surface area contributed by atoms with Gasteiger partial charge in [0.15, 0.2) is 0 Å². The van der Waals surface area contributed by atoms with E-state index in [-0.39, 0.29) is 56.9 Å². The molecule has 13 heteroatoms. The average molecular weight is 587 g/mol. The molecule has 0 saturated carbocycles. The summed E-state index contributed by atoms with van der Waals surface area (Å²) in [5.74, 6) is -1.67. The van der Waals surface area contributed by atoms with Crippen LogP contribution in [0.4, 0.5) is 10.5 Å². The Morgan fingerprint density at radius 1 is 1.12 bits per heavy atom. The van der Waals surface area contributed by atoms with E-state index in [1.807, 2.05) is 0 Å². The molecule has 13 nitrogen and oxygen atoms in total. The van der Waals surface area contributed by atoms with E-state index in [0.29, 0.717) is 23.4 Å². The first-order chi connectivity index (χ1) is 19.9. The van der Waals surface area contributed by atoms with Crippen LogP contribution >= 0.6 is 0 Å². The van der Waals surface area contributed by atoms with E-state index >= 15 is 0 Å². The predicted octanol–water partition coefficient (Wildman–Crippen LogP) is 1.06. The average Bonchev–Trinajstić information content (AvgIpc) is 3.25. The molecule has 1 aromatic carbocycles. The SMILES string of the molecule is CC(C)(C)OC(=O)N(CCOCCN1CCC(N)CC1)CC(=O)Nc1cccc2c1CN(C1CCC(=O)NC1=O)C2=O. The number of fused-ring (bicyclic) bond motifs is 1. The Balaban J connectivity index is 1.35. The van der Waals surface area contributed by atoms with Gasteiger partial charge in [-0.25, -0.2) is 4.79 Å². The van der Waals surface area contributed by atoms with Crippen LogP contribution in [-0.2, 0) is 30.4 Å². The minimum Gasteiger partial charge on any atom is -0.444 e. The molecular formula is C29H42N6O7. The Morgan fingerprint density at radius 3 is 2.55 bits per heavy atom. The first-order valence-electron chi connectivity index (χ1n) is 14.5. The highest BCUT2D eigenvalue weighted by atomic mass is 16.6. The number of hydrogen-bond donors (Lipinski definition) is 3. The lowest BCUT2D eigenvalue weighted by atomic mass is 10.0. The summed E-state index contributed by atoms with van der Waals surface area (Å²) in [5.41, 5.74) is 6.59. The van der Waals surface area contributed by atoms with Crippen molar-refractivity contribution in [2.24, 2.45) is 5.73 Å². The monoisotopic (exact) mass is 586 g/mol. The van der Waals surface area contributed by atoms with Gasteiger partial charge >= 0.3 is 6.09 Å². The number of amides is 5. The van der Waals surface area contributed by atoms with E-state index in [4.69, 9.17) is 15.2 Å². The smallest absolute Gasteiger partial charge is 0.410 e. The molecule has 230 valence electrons. The number of benzene rings is 1. The quantitative estimate of drug-likeness (QED) is 0.269. The van der Waals surface area contributed by atoms with Crippen LogP contribution in [0, 0.1) is 0 Å². The van der Waals surface area contributed by atoms with E-state index < -0.39 is 29.6 Å². The lowest BCUT2D eigenvalue weighted by Gasteiger charge is -2.30. The Morgan fingerprint density at radius 2 is 1.86 bits per heavy atom. The van der Waals surface area contributed by atoms with Crippen LogP contribution in [0.1, 0.15) is 62.4 Å². The van der Waals surface area contributed by atoms with Crippen molar-refractivity contribution in [2.45, 2.75) is 70.7 Å². The normalized spacial score (nSPS) is 19.9. The van der Waals surface area contributed by atoms with Crippen molar-refractivity contribution < 1.29 is 33.4 Å². The number of ether oxygens (including phenoxy) is 2. The van der Waals surface area contributed by atoms with Gasteiger partial charge in [0.2, 0.25) is 17.7 Å². The lowest BCUT2D eigenvalue weighted by molar-refractivity contribution is -0.137. The number of likely N-dealkylation sites (tertiary alicyclic amines) is 1. The molecule has 0 aromatic heterocycles. The zero-order valence-corrected chi connectivity index (χ0v) is 24.6. The maximum absolute atomic E-state index is 13.1. The van der Waals surface area contributed by atoms with E-state index in [0.717, 1.165) is 32.5 Å². The summed E-state index contributed by atoms with van der Waals surface area (Å²) >= 11 is 0. The molecular weight excluding hydrogens is 544 g/mol. The van der Waals surface area contributed by atoms with Gasteiger partial charge < -0.3 is 30.3 Å². The van der Waals surface area contributed by atoms with Gasteiger partial charge in [-0.15, -0.1) is 0 Å². The van der Waals surface area contributed by atoms with Gasteiger partial charge in [-0.3, -0.25) is 29.4 Å². The number of nitrogens with one attached hydrogen (secondary N) is 2. The summed E-state index contributed by atoms with van der Waals surface area (Å²) in [6.45, 7) is 8.63. The Bertz CT molecular complexity index is 1190. The summed E-state index contributed by atoms with van der Waals surface area (Å²) in [4.78, 5) is 68.2. The highest BCUT2D eigenvalue weighted by molar-refractivity contribution is 6.07. The van der Waals surface area contributed by atoms with Crippen molar-refractivity contribution in [3.8, 4) is 0 Å². The second-order valence-electron chi connectivity index (χ2n) is 12.0. The van der Waals surface area contributed by atoms with Crippen LogP contribution in [-0.4, -0.2) is 108 Å². The van der Waals surface area contributed by atoms with Crippen LogP contribution in [0.3, 0.4) is 0 Å². The molecule has 3 heterocycles. The van der Waals surface area contributed by atoms with Crippen molar-refractivity contribution in [1.29, 1.82) is 0 Å². The molecule has 0 bridgehead atoms. The maximum Gasteiger partial charge on any atom is 0.410 e. The largest absolute Gasteiger partial charge is 0.444 e. The lowest BCUT2D eigenvalue weighted by Crippen LogP contribution is -2.52. The summed E-state index contributed by atoms with van der Waals surface area (Å²) in [6, 6.07) is 4.46. The van der Waals surface area contributed by atoms with Crippen LogP contribution < -0.4 is 16.4 Å². The molecule has 5 amide bonds. The third kappa shape index (κ3) is 8.26. The standard InChI is InChI=1S/C29H42N6O7/c1-29(2,3)42-28(40)34(14-16-41-15-13-33-11-9-19(30)10-12-33)18-25(37)31-22-6-4-5-20-21(22)17-35(27(20)39)23-7-8-24(36)32-26(23)38/h4-6,19,23H,7-18,30H2,1-3H3,(H,31,37)(H,32,36,38). The van der Waals surface area contributed by atoms with Gasteiger partial charge in [-0.2, -0.15) is 0 Å². The molecule has 1 atom stereocenters. The molecule has 1 unspecified atom stereocenters. The fourth-order valence-electron chi connectivity index (χ4n) is 5.27. The van der Waals surface area contributed by atoms with E-state index in [1.165, 1.54) is 9.80 Å². The Hall–Kier alpha value is -3.55. The van der Waals surface area contributed by atoms with E-state index in [9.17, 15) is 24.0 Å². The fraction of sp³-hybridized carbons (Fsp3) is 0.621. The zero-order chi connectivity index (χ0) is 30.4. The second-order valence-corrected chi connectivity index (χ2v) is 12.0. The number of anilines is 1. The van der Waals surface area contributed by atoms with Crippen LogP contribution in [0.15, 0.2) is 18.2 Å². The van der Waals surface area contributed by atoms with Gasteiger partial charge in [0.1, 0.15) is 18.2 Å². The van der Waals surface area contributed by atoms with Crippen molar-refractivity contribution in [1.82, 2.24) is 20.0 Å². The predicted molar refractivity (Wildman–Crippen MR) is 153 cm³/mol. The van der Waals surface area contributed by atoms with Crippen LogP contribution in [0.2, 0.25) is 0 Å². The Kier molecular flexibility index (Phi) is 10.2. The summed E-state index contributed by atoms with van der Waals surface area (Å²) in [6.07, 6.45) is 1.69. The Labute approximate surface area is 246 Å². The van der Waals surface area contributed by atoms with E-state index in [1.54, 1.807) is 39.0 Å². The summed E-state index contributed by atoms with van der Waals surface area (Å²) < 4.78 is 11.3. The minimum absolute atomic E-state index is 0.115. The van der Waals surface area contributed by atoms with Gasteiger partial charge in [0.25, 0.3) is 5.91 Å². The number of rotatable bonds is 10. The molecule has 4 rings (SSSR count). The molecule has 1 aromatic rings. The number of carbonyl (C=O) groups is 5. The maximum atomic E-state index is 13.1. The minimum atomic E-state index is -0.763. The van der Waals surface area contributed by atoms with Crippen LogP contribution in [0.5, 0.6) is 0 Å². The fourth-order valence-corrected chi connectivity index (χ4v) is 5.27. The molecule has 0 radical (unpaired) electrons. The first-order valence-corrected chi connectivity index (χ1v) is 14.5. The molecule has 3 aliphatic rings. The van der Waals surface area contributed by atoms with Gasteiger partial charge in [0, 0.05) is 48.9 Å². The second kappa shape index (κ2) is 13.6. The molecule has 0 aliphatic carbocycles. The van der Waals surface area contributed by atoms with Crippen molar-refractivity contribution in [3.63, 3.8) is 0 Å². The van der Waals surface area contributed by atoms with Gasteiger partial charge in [0.05, 0.1) is 13.2 Å². The van der Waals surface area contributed by atoms with Gasteiger partial charge in [-0.05, 0) is 65.3 Å². The first kappa shape index (κ1) is 31.4. The topological polar surface area (TPSA) is 164 Å². The number of hydrogen-bond acceptors (Lipinski definition) is 9. The zero-order valence-electron chi connectivity index (χ0n) is 24.6. The van der Waals surface area contributed by atoms with Gasteiger partial charge in [-0.1, -0.05) is 6.07 Å². The third-order valence-corrected chi connectivity index (χ3v) is 7.53. The third-order valence-electron chi connectivity index (χ3n) is 7.53. The van der Waals surface area contributed by atoms with Crippen molar-refractivity contribution >= 4 is 35.4 Å².